The van der Waals surface area contributed by atoms with Crippen LogP contribution in [0.5, 0.6) is 0 Å². The SMILES string of the molecule is Cc1ccsc1[C@H]1[C@H](c2ccccn2)NC(=S)N1CCC(=O)Nc1ccccc1F. The number of halogens is 1. The topological polar surface area (TPSA) is 57.3 Å². The van der Waals surface area contributed by atoms with Crippen LogP contribution in [0.3, 0.4) is 0 Å². The van der Waals surface area contributed by atoms with Crippen LogP contribution in [0.15, 0.2) is 60.1 Å². The number of aryl methyl sites for hydroxylation is 1. The van der Waals surface area contributed by atoms with Gasteiger partial charge in [0.2, 0.25) is 5.91 Å². The van der Waals surface area contributed by atoms with Crippen molar-refractivity contribution in [1.29, 1.82) is 0 Å². The van der Waals surface area contributed by atoms with Crippen molar-refractivity contribution in [2.45, 2.75) is 25.4 Å². The summed E-state index contributed by atoms with van der Waals surface area (Å²) in [6.45, 7) is 2.49. The van der Waals surface area contributed by atoms with Crippen LogP contribution in [0.2, 0.25) is 0 Å². The summed E-state index contributed by atoms with van der Waals surface area (Å²) in [5.74, 6) is -0.711. The lowest BCUT2D eigenvalue weighted by Crippen LogP contribution is -2.32. The summed E-state index contributed by atoms with van der Waals surface area (Å²) in [6.07, 6.45) is 1.95. The maximum Gasteiger partial charge on any atom is 0.226 e. The van der Waals surface area contributed by atoms with Crippen molar-refractivity contribution in [3.63, 3.8) is 0 Å². The lowest BCUT2D eigenvalue weighted by atomic mass is 10.0. The van der Waals surface area contributed by atoms with E-state index in [2.05, 4.69) is 34.0 Å². The van der Waals surface area contributed by atoms with Gasteiger partial charge in [0, 0.05) is 24.0 Å². The molecule has 2 N–H and O–H groups in total. The zero-order chi connectivity index (χ0) is 21.1. The Balaban J connectivity index is 1.53. The Morgan fingerprint density at radius 1 is 1.27 bits per heavy atom. The Kier molecular flexibility index (Phi) is 6.06. The fourth-order valence-electron chi connectivity index (χ4n) is 3.62. The van der Waals surface area contributed by atoms with E-state index in [-0.39, 0.29) is 30.1 Å². The van der Waals surface area contributed by atoms with Crippen molar-refractivity contribution in [2.24, 2.45) is 0 Å². The number of pyridine rings is 1. The van der Waals surface area contributed by atoms with Gasteiger partial charge in [-0.2, -0.15) is 0 Å². The van der Waals surface area contributed by atoms with E-state index >= 15 is 0 Å². The Morgan fingerprint density at radius 2 is 2.07 bits per heavy atom. The standard InChI is InChI=1S/C22H21FN4OS2/c1-14-10-13-30-21(14)20-19(17-8-4-5-11-24-17)26-22(29)27(20)12-9-18(28)25-16-7-3-2-6-15(16)23/h2-8,10-11,13,19-20H,9,12H2,1H3,(H,25,28)(H,26,29)/t19-,20+/m0/s1. The molecule has 0 unspecified atom stereocenters. The zero-order valence-corrected chi connectivity index (χ0v) is 18.0. The van der Waals surface area contributed by atoms with Crippen molar-refractivity contribution in [3.8, 4) is 0 Å². The molecule has 0 saturated carbocycles. The lowest BCUT2D eigenvalue weighted by Gasteiger charge is -2.27. The number of rotatable bonds is 6. The average molecular weight is 441 g/mol. The highest BCUT2D eigenvalue weighted by atomic mass is 32.1. The largest absolute Gasteiger partial charge is 0.352 e. The van der Waals surface area contributed by atoms with E-state index in [1.165, 1.54) is 16.5 Å². The van der Waals surface area contributed by atoms with Gasteiger partial charge >= 0.3 is 0 Å². The predicted octanol–water partition coefficient (Wildman–Crippen LogP) is 4.59. The van der Waals surface area contributed by atoms with E-state index in [1.807, 2.05) is 23.1 Å². The Bertz CT molecular complexity index is 1060. The average Bonchev–Trinajstić information content (AvgIpc) is 3.31. The van der Waals surface area contributed by atoms with Crippen molar-refractivity contribution in [1.82, 2.24) is 15.2 Å². The molecule has 0 spiro atoms. The third-order valence-electron chi connectivity index (χ3n) is 5.10. The number of benzene rings is 1. The molecule has 2 aromatic heterocycles. The molecule has 3 aromatic rings. The van der Waals surface area contributed by atoms with Gasteiger partial charge in [-0.05, 0) is 60.4 Å². The van der Waals surface area contributed by atoms with E-state index < -0.39 is 5.82 Å². The van der Waals surface area contributed by atoms with Crippen LogP contribution in [0.25, 0.3) is 0 Å². The molecule has 2 atom stereocenters. The van der Waals surface area contributed by atoms with Gasteiger partial charge in [0.25, 0.3) is 0 Å². The molecule has 30 heavy (non-hydrogen) atoms. The fourth-order valence-corrected chi connectivity index (χ4v) is 5.02. The molecule has 8 heteroatoms. The molecule has 1 amide bonds. The van der Waals surface area contributed by atoms with Gasteiger partial charge in [-0.15, -0.1) is 11.3 Å². The summed E-state index contributed by atoms with van der Waals surface area (Å²) in [5.41, 5.74) is 2.26. The second-order valence-electron chi connectivity index (χ2n) is 7.07. The van der Waals surface area contributed by atoms with E-state index in [0.717, 1.165) is 5.69 Å². The summed E-state index contributed by atoms with van der Waals surface area (Å²) < 4.78 is 13.8. The number of carbonyl (C=O) groups is 1. The number of anilines is 1. The molecule has 3 heterocycles. The highest BCUT2D eigenvalue weighted by molar-refractivity contribution is 7.80. The molecule has 1 aromatic carbocycles. The number of nitrogens with one attached hydrogen (secondary N) is 2. The monoisotopic (exact) mass is 440 g/mol. The molecule has 1 saturated heterocycles. The molecule has 5 nitrogen and oxygen atoms in total. The number of thiophene rings is 1. The number of hydrogen-bond acceptors (Lipinski definition) is 4. The molecular formula is C22H21FN4OS2. The van der Waals surface area contributed by atoms with Gasteiger partial charge in [-0.3, -0.25) is 9.78 Å². The fraction of sp³-hybridized carbons (Fsp3) is 0.227. The minimum Gasteiger partial charge on any atom is -0.352 e. The van der Waals surface area contributed by atoms with Crippen molar-refractivity contribution in [2.75, 3.05) is 11.9 Å². The number of para-hydroxylation sites is 1. The third-order valence-corrected chi connectivity index (χ3v) is 6.54. The smallest absolute Gasteiger partial charge is 0.226 e. The van der Waals surface area contributed by atoms with E-state index in [4.69, 9.17) is 12.2 Å². The molecule has 0 aliphatic carbocycles. The maximum atomic E-state index is 13.8. The first-order valence-corrected chi connectivity index (χ1v) is 10.9. The van der Waals surface area contributed by atoms with E-state index in [9.17, 15) is 9.18 Å². The summed E-state index contributed by atoms with van der Waals surface area (Å²) in [4.78, 5) is 20.2. The second-order valence-corrected chi connectivity index (χ2v) is 8.40. The van der Waals surface area contributed by atoms with E-state index in [1.54, 1.807) is 35.7 Å². The van der Waals surface area contributed by atoms with Crippen LogP contribution >= 0.6 is 23.6 Å². The van der Waals surface area contributed by atoms with Crippen molar-refractivity contribution >= 4 is 40.3 Å². The molecule has 1 fully saturated rings. The molecule has 154 valence electrons. The highest BCUT2D eigenvalue weighted by Crippen LogP contribution is 2.41. The summed E-state index contributed by atoms with van der Waals surface area (Å²) >= 11 is 7.28. The third kappa shape index (κ3) is 4.20. The zero-order valence-electron chi connectivity index (χ0n) is 16.3. The molecule has 1 aliphatic heterocycles. The highest BCUT2D eigenvalue weighted by Gasteiger charge is 2.40. The van der Waals surface area contributed by atoms with Crippen LogP contribution in [0.4, 0.5) is 10.1 Å². The number of hydrogen-bond donors (Lipinski definition) is 2. The minimum absolute atomic E-state index is 0.0614. The van der Waals surface area contributed by atoms with Gasteiger partial charge < -0.3 is 15.5 Å². The number of thiocarbonyl (C=S) groups is 1. The summed E-state index contributed by atoms with van der Waals surface area (Å²) in [5, 5.41) is 8.66. The summed E-state index contributed by atoms with van der Waals surface area (Å²) in [7, 11) is 0. The lowest BCUT2D eigenvalue weighted by molar-refractivity contribution is -0.116. The first-order chi connectivity index (χ1) is 14.5. The molecule has 4 rings (SSSR count). The number of aromatic nitrogens is 1. The van der Waals surface area contributed by atoms with Crippen LogP contribution in [-0.2, 0) is 4.79 Å². The number of nitrogens with zero attached hydrogens (tertiary/aromatic N) is 2. The number of carbonyl (C=O) groups excluding carboxylic acids is 1. The predicted molar refractivity (Wildman–Crippen MR) is 121 cm³/mol. The first kappa shape index (κ1) is 20.4. The van der Waals surface area contributed by atoms with Crippen molar-refractivity contribution < 1.29 is 9.18 Å². The Morgan fingerprint density at radius 3 is 2.77 bits per heavy atom. The van der Waals surface area contributed by atoms with Gasteiger partial charge in [-0.1, -0.05) is 18.2 Å². The molecule has 1 aliphatic rings. The second kappa shape index (κ2) is 8.89. The first-order valence-electron chi connectivity index (χ1n) is 9.61. The van der Waals surface area contributed by atoms with Gasteiger partial charge in [0.1, 0.15) is 5.82 Å². The van der Waals surface area contributed by atoms with Crippen molar-refractivity contribution in [3.05, 3.63) is 82.1 Å². The minimum atomic E-state index is -0.452. The quantitative estimate of drug-likeness (QED) is 0.549. The van der Waals surface area contributed by atoms with E-state index in [0.29, 0.717) is 11.7 Å². The Labute approximate surface area is 183 Å². The summed E-state index contributed by atoms with van der Waals surface area (Å²) in [6, 6.07) is 13.9. The van der Waals surface area contributed by atoms with Crippen LogP contribution in [-0.4, -0.2) is 27.4 Å². The van der Waals surface area contributed by atoms with Gasteiger partial charge in [-0.25, -0.2) is 4.39 Å². The molecule has 0 bridgehead atoms. The molecule has 0 radical (unpaired) electrons. The molecular weight excluding hydrogens is 419 g/mol. The van der Waals surface area contributed by atoms with Gasteiger partial charge in [0.15, 0.2) is 5.11 Å². The maximum absolute atomic E-state index is 13.8. The normalized spacial score (nSPS) is 18.3. The Hall–Kier alpha value is -2.84. The van der Waals surface area contributed by atoms with Crippen LogP contribution in [0, 0.1) is 12.7 Å². The van der Waals surface area contributed by atoms with Gasteiger partial charge in [0.05, 0.1) is 23.5 Å². The number of amides is 1. The van der Waals surface area contributed by atoms with Crippen LogP contribution in [0.1, 0.15) is 34.6 Å². The van der Waals surface area contributed by atoms with Crippen LogP contribution < -0.4 is 10.6 Å².